The zero-order valence-corrected chi connectivity index (χ0v) is 18.3. The molecular formula is C24H26ClN3O3. The van der Waals surface area contributed by atoms with Crippen molar-refractivity contribution in [1.82, 2.24) is 9.80 Å². The minimum atomic E-state index is -0.564. The second-order valence-electron chi connectivity index (χ2n) is 8.05. The summed E-state index contributed by atoms with van der Waals surface area (Å²) in [6.07, 6.45) is 2.82. The van der Waals surface area contributed by atoms with Gasteiger partial charge in [-0.2, -0.15) is 0 Å². The summed E-state index contributed by atoms with van der Waals surface area (Å²) in [5, 5.41) is 3.24. The highest BCUT2D eigenvalue weighted by atomic mass is 35.5. The largest absolute Gasteiger partial charge is 0.341 e. The Morgan fingerprint density at radius 3 is 2.52 bits per heavy atom. The fourth-order valence-corrected chi connectivity index (χ4v) is 4.50. The lowest BCUT2D eigenvalue weighted by Gasteiger charge is -2.38. The zero-order chi connectivity index (χ0) is 22.0. The van der Waals surface area contributed by atoms with Crippen LogP contribution in [0.25, 0.3) is 0 Å². The van der Waals surface area contributed by atoms with Crippen LogP contribution in [0.1, 0.15) is 47.7 Å². The van der Waals surface area contributed by atoms with Gasteiger partial charge in [0.05, 0.1) is 10.6 Å². The number of rotatable bonds is 4. The van der Waals surface area contributed by atoms with E-state index in [1.165, 1.54) is 0 Å². The molecule has 0 aromatic heterocycles. The van der Waals surface area contributed by atoms with Gasteiger partial charge in [0.2, 0.25) is 11.8 Å². The fourth-order valence-electron chi connectivity index (χ4n) is 4.28. The number of nitrogens with one attached hydrogen (secondary N) is 1. The molecule has 6 nitrogen and oxygen atoms in total. The van der Waals surface area contributed by atoms with Crippen LogP contribution in [0.4, 0.5) is 5.69 Å². The predicted octanol–water partition coefficient (Wildman–Crippen LogP) is 3.88. The average Bonchev–Trinajstić information content (AvgIpc) is 3.32. The molecule has 162 valence electrons. The van der Waals surface area contributed by atoms with Gasteiger partial charge in [0, 0.05) is 38.2 Å². The van der Waals surface area contributed by atoms with Crippen LogP contribution in [-0.2, 0) is 22.6 Å². The van der Waals surface area contributed by atoms with E-state index >= 15 is 0 Å². The Morgan fingerprint density at radius 2 is 1.81 bits per heavy atom. The Labute approximate surface area is 187 Å². The lowest BCUT2D eigenvalue weighted by Crippen LogP contribution is -2.53. The molecule has 0 aliphatic carbocycles. The summed E-state index contributed by atoms with van der Waals surface area (Å²) in [7, 11) is 0. The number of anilines is 1. The number of benzene rings is 2. The van der Waals surface area contributed by atoms with E-state index in [2.05, 4.69) is 5.32 Å². The summed E-state index contributed by atoms with van der Waals surface area (Å²) in [4.78, 5) is 42.1. The second-order valence-corrected chi connectivity index (χ2v) is 8.46. The minimum absolute atomic E-state index is 0.00749. The molecule has 2 heterocycles. The number of hydrogen-bond acceptors (Lipinski definition) is 3. The monoisotopic (exact) mass is 439 g/mol. The van der Waals surface area contributed by atoms with Gasteiger partial charge in [0.15, 0.2) is 0 Å². The number of nitrogens with zero attached hydrogens (tertiary/aromatic N) is 2. The van der Waals surface area contributed by atoms with Gasteiger partial charge >= 0.3 is 0 Å². The number of fused-ring (bicyclic) bond motifs is 1. The van der Waals surface area contributed by atoms with Crippen LogP contribution in [0.15, 0.2) is 42.5 Å². The van der Waals surface area contributed by atoms with Crippen molar-refractivity contribution in [1.29, 1.82) is 0 Å². The molecule has 1 fully saturated rings. The van der Waals surface area contributed by atoms with Crippen molar-refractivity contribution >= 4 is 35.0 Å². The van der Waals surface area contributed by atoms with Gasteiger partial charge in [-0.1, -0.05) is 36.7 Å². The van der Waals surface area contributed by atoms with Crippen LogP contribution >= 0.6 is 11.6 Å². The Hall–Kier alpha value is -2.86. The molecule has 1 unspecified atom stereocenters. The number of carbonyl (C=O) groups excluding carboxylic acids is 3. The molecule has 0 radical (unpaired) electrons. The van der Waals surface area contributed by atoms with Crippen LogP contribution in [0.5, 0.6) is 0 Å². The number of likely N-dealkylation sites (tertiary alicyclic amines) is 1. The maximum Gasteiger partial charge on any atom is 0.256 e. The molecule has 2 aliphatic heterocycles. The third-order valence-electron chi connectivity index (χ3n) is 6.01. The van der Waals surface area contributed by atoms with Crippen LogP contribution in [0.2, 0.25) is 5.02 Å². The summed E-state index contributed by atoms with van der Waals surface area (Å²) in [5.41, 5.74) is 3.04. The van der Waals surface area contributed by atoms with Gasteiger partial charge in [-0.05, 0) is 48.2 Å². The summed E-state index contributed by atoms with van der Waals surface area (Å²) < 4.78 is 0. The molecule has 2 aromatic rings. The number of amides is 3. The Balaban J connectivity index is 1.68. The molecule has 0 spiro atoms. The predicted molar refractivity (Wildman–Crippen MR) is 120 cm³/mol. The van der Waals surface area contributed by atoms with Crippen molar-refractivity contribution in [2.75, 3.05) is 18.4 Å². The molecule has 1 atom stereocenters. The van der Waals surface area contributed by atoms with E-state index in [0.717, 1.165) is 37.1 Å². The first-order valence-electron chi connectivity index (χ1n) is 10.7. The van der Waals surface area contributed by atoms with Crippen LogP contribution in [0.3, 0.4) is 0 Å². The number of carbonyl (C=O) groups is 3. The molecule has 4 rings (SSSR count). The molecule has 3 amide bonds. The molecule has 1 N–H and O–H groups in total. The molecule has 0 bridgehead atoms. The first-order chi connectivity index (χ1) is 15.0. The lowest BCUT2D eigenvalue weighted by atomic mass is 9.92. The summed E-state index contributed by atoms with van der Waals surface area (Å²) in [5.74, 6) is -0.328. The Morgan fingerprint density at radius 1 is 1.06 bits per heavy atom. The van der Waals surface area contributed by atoms with Gasteiger partial charge < -0.3 is 15.1 Å². The van der Waals surface area contributed by atoms with Crippen molar-refractivity contribution < 1.29 is 14.4 Å². The molecule has 2 aliphatic rings. The minimum Gasteiger partial charge on any atom is -0.341 e. The highest BCUT2D eigenvalue weighted by Crippen LogP contribution is 2.30. The van der Waals surface area contributed by atoms with Gasteiger partial charge in [-0.3, -0.25) is 14.4 Å². The van der Waals surface area contributed by atoms with E-state index in [4.69, 9.17) is 11.6 Å². The standard InChI is InChI=1S/C24H26ClN3O3/c1-2-22(29)26-18-10-9-16-14-21(24(31)27-11-5-6-12-27)28(15-17(16)13-18)23(30)19-7-3-4-8-20(19)25/h3-4,7-10,13,21H,2,5-6,11-12,14-15H2,1H3,(H,26,29). The van der Waals surface area contributed by atoms with Crippen molar-refractivity contribution in [2.24, 2.45) is 0 Å². The summed E-state index contributed by atoms with van der Waals surface area (Å²) in [6.45, 7) is 3.56. The van der Waals surface area contributed by atoms with Crippen LogP contribution < -0.4 is 5.32 Å². The van der Waals surface area contributed by atoms with Crippen molar-refractivity contribution in [3.8, 4) is 0 Å². The quantitative estimate of drug-likeness (QED) is 0.786. The maximum atomic E-state index is 13.5. The number of halogens is 1. The van der Waals surface area contributed by atoms with E-state index in [9.17, 15) is 14.4 Å². The first kappa shape index (κ1) is 21.4. The van der Waals surface area contributed by atoms with Gasteiger partial charge in [-0.15, -0.1) is 0 Å². The first-order valence-corrected chi connectivity index (χ1v) is 11.1. The van der Waals surface area contributed by atoms with Gasteiger partial charge in [0.1, 0.15) is 6.04 Å². The third kappa shape index (κ3) is 4.44. The SMILES string of the molecule is CCC(=O)Nc1ccc2c(c1)CN(C(=O)c1ccccc1Cl)C(C(=O)N1CCCC1)C2. The highest BCUT2D eigenvalue weighted by Gasteiger charge is 2.38. The van der Waals surface area contributed by atoms with Crippen LogP contribution in [-0.4, -0.2) is 46.7 Å². The molecule has 31 heavy (non-hydrogen) atoms. The zero-order valence-electron chi connectivity index (χ0n) is 17.6. The van der Waals surface area contributed by atoms with E-state index in [0.29, 0.717) is 35.7 Å². The summed E-state index contributed by atoms with van der Waals surface area (Å²) in [6, 6.07) is 12.1. The van der Waals surface area contributed by atoms with Gasteiger partial charge in [-0.25, -0.2) is 0 Å². The van der Waals surface area contributed by atoms with Crippen molar-refractivity contribution in [2.45, 2.75) is 45.2 Å². The second kappa shape index (κ2) is 9.10. The molecule has 7 heteroatoms. The van der Waals surface area contributed by atoms with Gasteiger partial charge in [0.25, 0.3) is 5.91 Å². The topological polar surface area (TPSA) is 69.7 Å². The van der Waals surface area contributed by atoms with E-state index in [1.54, 1.807) is 36.1 Å². The summed E-state index contributed by atoms with van der Waals surface area (Å²) >= 11 is 6.30. The maximum absolute atomic E-state index is 13.5. The van der Waals surface area contributed by atoms with Crippen molar-refractivity contribution in [3.63, 3.8) is 0 Å². The van der Waals surface area contributed by atoms with Crippen molar-refractivity contribution in [3.05, 3.63) is 64.2 Å². The molecule has 0 saturated carbocycles. The Bertz CT molecular complexity index is 1020. The Kier molecular flexibility index (Phi) is 6.28. The molecular weight excluding hydrogens is 414 g/mol. The lowest BCUT2D eigenvalue weighted by molar-refractivity contribution is -0.135. The van der Waals surface area contributed by atoms with E-state index in [-0.39, 0.29) is 17.7 Å². The van der Waals surface area contributed by atoms with Crippen LogP contribution in [0, 0.1) is 0 Å². The molecule has 1 saturated heterocycles. The smallest absolute Gasteiger partial charge is 0.256 e. The third-order valence-corrected chi connectivity index (χ3v) is 6.34. The normalized spacial score (nSPS) is 17.9. The van der Waals surface area contributed by atoms with E-state index in [1.807, 2.05) is 23.1 Å². The fraction of sp³-hybridized carbons (Fsp3) is 0.375. The number of hydrogen-bond donors (Lipinski definition) is 1. The van der Waals surface area contributed by atoms with E-state index < -0.39 is 6.04 Å². The average molecular weight is 440 g/mol. The molecule has 2 aromatic carbocycles. The highest BCUT2D eigenvalue weighted by molar-refractivity contribution is 6.33.